The Labute approximate surface area is 119 Å². The first kappa shape index (κ1) is 14.5. The molecule has 2 rings (SSSR count). The van der Waals surface area contributed by atoms with Crippen molar-refractivity contribution in [3.63, 3.8) is 0 Å². The van der Waals surface area contributed by atoms with Gasteiger partial charge in [-0.2, -0.15) is 5.10 Å². The fraction of sp³-hybridized carbons (Fsp3) is 0.467. The number of rotatable bonds is 6. The molecule has 0 fully saturated rings. The number of nitrogens with zero attached hydrogens (tertiary/aromatic N) is 3. The molecule has 0 aliphatic rings. The Hall–Kier alpha value is -1.88. The van der Waals surface area contributed by atoms with Gasteiger partial charge in [0.15, 0.2) is 5.82 Å². The van der Waals surface area contributed by atoms with Crippen LogP contribution in [-0.4, -0.2) is 19.9 Å². The number of aromatic nitrogens is 3. The molecule has 0 unspecified atom stereocenters. The number of hydrogen-bond acceptors (Lipinski definition) is 4. The van der Waals surface area contributed by atoms with Crippen molar-refractivity contribution in [3.8, 4) is 5.75 Å². The molecule has 0 bridgehead atoms. The summed E-state index contributed by atoms with van der Waals surface area (Å²) < 4.78 is 7.59. The van der Waals surface area contributed by atoms with Gasteiger partial charge in [0.2, 0.25) is 0 Å². The summed E-state index contributed by atoms with van der Waals surface area (Å²) in [4.78, 5) is 4.22. The lowest BCUT2D eigenvalue weighted by Crippen LogP contribution is -2.12. The maximum Gasteiger partial charge on any atom is 0.164 e. The summed E-state index contributed by atoms with van der Waals surface area (Å²) in [5, 5.41) is 13.8. The van der Waals surface area contributed by atoms with Gasteiger partial charge in [-0.15, -0.1) is 0 Å². The van der Waals surface area contributed by atoms with Gasteiger partial charge in [-0.25, -0.2) is 9.67 Å². The van der Waals surface area contributed by atoms with Crippen LogP contribution in [0, 0.1) is 5.92 Å². The zero-order valence-electron chi connectivity index (χ0n) is 12.2. The van der Waals surface area contributed by atoms with Gasteiger partial charge >= 0.3 is 0 Å². The SMILES string of the molecule is CC(C)Cn1ncnc1COc1cccc([C@H](C)O)c1. The van der Waals surface area contributed by atoms with Crippen LogP contribution in [0.15, 0.2) is 30.6 Å². The van der Waals surface area contributed by atoms with Gasteiger partial charge in [-0.3, -0.25) is 0 Å². The Kier molecular flexibility index (Phi) is 4.74. The van der Waals surface area contributed by atoms with Crippen molar-refractivity contribution in [1.82, 2.24) is 14.8 Å². The Balaban J connectivity index is 2.02. The molecule has 5 nitrogen and oxygen atoms in total. The monoisotopic (exact) mass is 275 g/mol. The number of aliphatic hydroxyl groups excluding tert-OH is 1. The first-order valence-electron chi connectivity index (χ1n) is 6.83. The largest absolute Gasteiger partial charge is 0.486 e. The van der Waals surface area contributed by atoms with Crippen LogP contribution in [0.3, 0.4) is 0 Å². The molecule has 0 aliphatic carbocycles. The molecule has 1 atom stereocenters. The molecule has 0 radical (unpaired) electrons. The van der Waals surface area contributed by atoms with E-state index < -0.39 is 6.10 Å². The second-order valence-corrected chi connectivity index (χ2v) is 5.29. The third-order valence-corrected chi connectivity index (χ3v) is 2.94. The van der Waals surface area contributed by atoms with Gasteiger partial charge in [0.1, 0.15) is 18.7 Å². The molecule has 2 aromatic rings. The summed E-state index contributed by atoms with van der Waals surface area (Å²) in [7, 11) is 0. The fourth-order valence-electron chi connectivity index (χ4n) is 1.91. The summed E-state index contributed by atoms with van der Waals surface area (Å²) in [5.74, 6) is 2.04. The van der Waals surface area contributed by atoms with Crippen LogP contribution < -0.4 is 4.74 Å². The molecule has 108 valence electrons. The first-order valence-corrected chi connectivity index (χ1v) is 6.83. The zero-order valence-corrected chi connectivity index (χ0v) is 12.2. The molecule has 5 heteroatoms. The molecule has 0 aliphatic heterocycles. The Morgan fingerprint density at radius 2 is 2.10 bits per heavy atom. The summed E-state index contributed by atoms with van der Waals surface area (Å²) in [6, 6.07) is 7.46. The lowest BCUT2D eigenvalue weighted by atomic mass is 10.1. The van der Waals surface area contributed by atoms with Crippen molar-refractivity contribution in [2.45, 2.75) is 40.0 Å². The molecule has 1 aromatic carbocycles. The first-order chi connectivity index (χ1) is 9.56. The number of benzene rings is 1. The van der Waals surface area contributed by atoms with E-state index in [4.69, 9.17) is 4.74 Å². The topological polar surface area (TPSA) is 60.2 Å². The van der Waals surface area contributed by atoms with Crippen LogP contribution in [0.4, 0.5) is 0 Å². The van der Waals surface area contributed by atoms with E-state index in [0.29, 0.717) is 12.5 Å². The van der Waals surface area contributed by atoms with Crippen LogP contribution >= 0.6 is 0 Å². The van der Waals surface area contributed by atoms with Crippen molar-refractivity contribution >= 4 is 0 Å². The molecule has 20 heavy (non-hydrogen) atoms. The van der Waals surface area contributed by atoms with Gasteiger partial charge in [0, 0.05) is 6.54 Å². The smallest absolute Gasteiger partial charge is 0.164 e. The second-order valence-electron chi connectivity index (χ2n) is 5.29. The maximum atomic E-state index is 9.56. The average Bonchev–Trinajstić information content (AvgIpc) is 2.83. The van der Waals surface area contributed by atoms with Crippen molar-refractivity contribution in [1.29, 1.82) is 0 Å². The lowest BCUT2D eigenvalue weighted by Gasteiger charge is -2.11. The van der Waals surface area contributed by atoms with E-state index >= 15 is 0 Å². The molecule has 1 N–H and O–H groups in total. The van der Waals surface area contributed by atoms with E-state index in [9.17, 15) is 5.11 Å². The van der Waals surface area contributed by atoms with Crippen LogP contribution in [-0.2, 0) is 13.2 Å². The van der Waals surface area contributed by atoms with Crippen LogP contribution in [0.2, 0.25) is 0 Å². The molecule has 0 amide bonds. The minimum absolute atomic E-state index is 0.371. The van der Waals surface area contributed by atoms with Gasteiger partial charge < -0.3 is 9.84 Å². The highest BCUT2D eigenvalue weighted by Crippen LogP contribution is 2.19. The fourth-order valence-corrected chi connectivity index (χ4v) is 1.91. The normalized spacial score (nSPS) is 12.7. The minimum Gasteiger partial charge on any atom is -0.486 e. The van der Waals surface area contributed by atoms with E-state index in [1.54, 1.807) is 13.3 Å². The number of ether oxygens (including phenoxy) is 1. The predicted molar refractivity (Wildman–Crippen MR) is 76.3 cm³/mol. The number of hydrogen-bond donors (Lipinski definition) is 1. The van der Waals surface area contributed by atoms with Gasteiger partial charge in [0.05, 0.1) is 6.10 Å². The molecule has 1 aromatic heterocycles. The van der Waals surface area contributed by atoms with Crippen molar-refractivity contribution in [3.05, 3.63) is 42.0 Å². The number of aliphatic hydroxyl groups is 1. The highest BCUT2D eigenvalue weighted by Gasteiger charge is 2.08. The summed E-state index contributed by atoms with van der Waals surface area (Å²) in [6.07, 6.45) is 1.05. The lowest BCUT2D eigenvalue weighted by molar-refractivity contribution is 0.198. The second kappa shape index (κ2) is 6.52. The average molecular weight is 275 g/mol. The standard InChI is InChI=1S/C15H21N3O2/c1-11(2)8-18-15(16-10-17-18)9-20-14-6-4-5-13(7-14)12(3)19/h4-7,10-12,19H,8-9H2,1-3H3/t12-/m0/s1. The van der Waals surface area contributed by atoms with E-state index in [1.807, 2.05) is 28.9 Å². The van der Waals surface area contributed by atoms with Crippen LogP contribution in [0.5, 0.6) is 5.75 Å². The Bertz CT molecular complexity index is 550. The van der Waals surface area contributed by atoms with E-state index in [1.165, 1.54) is 0 Å². The Morgan fingerprint density at radius 3 is 2.80 bits per heavy atom. The van der Waals surface area contributed by atoms with Gasteiger partial charge in [-0.05, 0) is 30.5 Å². The summed E-state index contributed by atoms with van der Waals surface area (Å²) >= 11 is 0. The van der Waals surface area contributed by atoms with Gasteiger partial charge in [-0.1, -0.05) is 26.0 Å². The van der Waals surface area contributed by atoms with Crippen LogP contribution in [0.25, 0.3) is 0 Å². The van der Waals surface area contributed by atoms with E-state index in [-0.39, 0.29) is 0 Å². The molecule has 0 saturated heterocycles. The summed E-state index contributed by atoms with van der Waals surface area (Å²) in [5.41, 5.74) is 0.839. The van der Waals surface area contributed by atoms with Crippen molar-refractivity contribution in [2.75, 3.05) is 0 Å². The van der Waals surface area contributed by atoms with Crippen LogP contribution in [0.1, 0.15) is 38.3 Å². The quantitative estimate of drug-likeness (QED) is 0.880. The molecular formula is C15H21N3O2. The molecule has 0 saturated carbocycles. The molecular weight excluding hydrogens is 254 g/mol. The van der Waals surface area contributed by atoms with Crippen molar-refractivity contribution in [2.24, 2.45) is 5.92 Å². The maximum absolute atomic E-state index is 9.56. The van der Waals surface area contributed by atoms with Crippen molar-refractivity contribution < 1.29 is 9.84 Å². The van der Waals surface area contributed by atoms with E-state index in [2.05, 4.69) is 23.9 Å². The molecule has 0 spiro atoms. The highest BCUT2D eigenvalue weighted by atomic mass is 16.5. The van der Waals surface area contributed by atoms with Gasteiger partial charge in [0.25, 0.3) is 0 Å². The Morgan fingerprint density at radius 1 is 1.30 bits per heavy atom. The zero-order chi connectivity index (χ0) is 14.5. The summed E-state index contributed by atoms with van der Waals surface area (Å²) in [6.45, 7) is 7.21. The minimum atomic E-state index is -0.497. The van der Waals surface area contributed by atoms with E-state index in [0.717, 1.165) is 23.7 Å². The predicted octanol–water partition coefficient (Wildman–Crippen LogP) is 2.57. The molecule has 1 heterocycles. The highest BCUT2D eigenvalue weighted by molar-refractivity contribution is 5.29. The third-order valence-electron chi connectivity index (χ3n) is 2.94. The third kappa shape index (κ3) is 3.81.